The van der Waals surface area contributed by atoms with Crippen molar-refractivity contribution in [2.45, 2.75) is 52.4 Å². The van der Waals surface area contributed by atoms with Gasteiger partial charge in [0.1, 0.15) is 0 Å². The van der Waals surface area contributed by atoms with Crippen molar-refractivity contribution in [3.8, 4) is 0 Å². The van der Waals surface area contributed by atoms with Crippen LogP contribution in [0.5, 0.6) is 0 Å². The molecule has 1 aromatic heterocycles. The monoisotopic (exact) mass is 282 g/mol. The molecule has 2 heteroatoms. The van der Waals surface area contributed by atoms with Crippen LogP contribution in [-0.2, 0) is 0 Å². The summed E-state index contributed by atoms with van der Waals surface area (Å²) in [6, 6.07) is 9.14. The standard InChI is InChI=1S/C19H26N2/c1-13(2)17-12-18(14(3)4)20-19-11-15(7-8-16(17)19)21-9-5-6-10-21/h7-8,11-14H,5-6,9-10H2,1-4H3. The largest absolute Gasteiger partial charge is 0.371 e. The number of hydrogen-bond acceptors (Lipinski definition) is 2. The molecule has 0 N–H and O–H groups in total. The van der Waals surface area contributed by atoms with Gasteiger partial charge in [-0.05, 0) is 48.4 Å². The minimum absolute atomic E-state index is 0.474. The summed E-state index contributed by atoms with van der Waals surface area (Å²) < 4.78 is 0. The summed E-state index contributed by atoms with van der Waals surface area (Å²) in [5.74, 6) is 1.01. The first-order valence-electron chi connectivity index (χ1n) is 8.26. The molecule has 0 amide bonds. The minimum atomic E-state index is 0.474. The van der Waals surface area contributed by atoms with E-state index in [-0.39, 0.29) is 0 Å². The zero-order valence-electron chi connectivity index (χ0n) is 13.7. The molecule has 0 saturated carbocycles. The first kappa shape index (κ1) is 14.4. The molecular weight excluding hydrogens is 256 g/mol. The van der Waals surface area contributed by atoms with Crippen LogP contribution in [0.4, 0.5) is 5.69 Å². The molecule has 0 atom stereocenters. The SMILES string of the molecule is CC(C)c1cc(C(C)C)c2ccc(N3CCCC3)cc2n1. The number of fused-ring (bicyclic) bond motifs is 1. The highest BCUT2D eigenvalue weighted by atomic mass is 15.1. The quantitative estimate of drug-likeness (QED) is 0.780. The van der Waals surface area contributed by atoms with Gasteiger partial charge in [0.25, 0.3) is 0 Å². The Hall–Kier alpha value is -1.57. The summed E-state index contributed by atoms with van der Waals surface area (Å²) in [6.07, 6.45) is 2.63. The third kappa shape index (κ3) is 2.76. The fraction of sp³-hybridized carbons (Fsp3) is 0.526. The lowest BCUT2D eigenvalue weighted by Gasteiger charge is -2.20. The molecule has 2 nitrogen and oxygen atoms in total. The van der Waals surface area contributed by atoms with Gasteiger partial charge in [0.05, 0.1) is 5.52 Å². The van der Waals surface area contributed by atoms with Crippen molar-refractivity contribution in [3.05, 3.63) is 35.5 Å². The molecule has 112 valence electrons. The van der Waals surface area contributed by atoms with E-state index in [1.165, 1.54) is 48.3 Å². The molecule has 0 aliphatic carbocycles. The van der Waals surface area contributed by atoms with E-state index >= 15 is 0 Å². The number of hydrogen-bond donors (Lipinski definition) is 0. The maximum atomic E-state index is 4.92. The van der Waals surface area contributed by atoms with Gasteiger partial charge in [-0.25, -0.2) is 0 Å². The summed E-state index contributed by atoms with van der Waals surface area (Å²) >= 11 is 0. The summed E-state index contributed by atoms with van der Waals surface area (Å²) in [4.78, 5) is 7.41. The number of anilines is 1. The van der Waals surface area contributed by atoms with E-state index in [1.807, 2.05) is 0 Å². The Bertz CT molecular complexity index is 637. The maximum Gasteiger partial charge on any atom is 0.0728 e. The van der Waals surface area contributed by atoms with Crippen molar-refractivity contribution in [1.82, 2.24) is 4.98 Å². The molecule has 2 heterocycles. The Balaban J connectivity index is 2.14. The van der Waals surface area contributed by atoms with E-state index in [2.05, 4.69) is 56.9 Å². The highest BCUT2D eigenvalue weighted by molar-refractivity contribution is 5.86. The van der Waals surface area contributed by atoms with Crippen molar-refractivity contribution in [3.63, 3.8) is 0 Å². The molecule has 1 aliphatic rings. The van der Waals surface area contributed by atoms with E-state index in [0.29, 0.717) is 11.8 Å². The average molecular weight is 282 g/mol. The smallest absolute Gasteiger partial charge is 0.0728 e. The minimum Gasteiger partial charge on any atom is -0.371 e. The van der Waals surface area contributed by atoms with Gasteiger partial charge in [-0.15, -0.1) is 0 Å². The van der Waals surface area contributed by atoms with Crippen LogP contribution < -0.4 is 4.90 Å². The van der Waals surface area contributed by atoms with Crippen LogP contribution >= 0.6 is 0 Å². The predicted molar refractivity (Wildman–Crippen MR) is 91.4 cm³/mol. The van der Waals surface area contributed by atoms with Crippen molar-refractivity contribution >= 4 is 16.6 Å². The van der Waals surface area contributed by atoms with Gasteiger partial charge in [0, 0.05) is 29.9 Å². The predicted octanol–water partition coefficient (Wildman–Crippen LogP) is 5.08. The molecule has 0 radical (unpaired) electrons. The van der Waals surface area contributed by atoms with E-state index in [9.17, 15) is 0 Å². The van der Waals surface area contributed by atoms with Gasteiger partial charge < -0.3 is 4.90 Å². The van der Waals surface area contributed by atoms with E-state index in [0.717, 1.165) is 5.52 Å². The number of nitrogens with zero attached hydrogens (tertiary/aromatic N) is 2. The molecule has 1 aromatic carbocycles. The van der Waals surface area contributed by atoms with Crippen LogP contribution in [0.15, 0.2) is 24.3 Å². The van der Waals surface area contributed by atoms with Crippen LogP contribution in [0, 0.1) is 0 Å². The highest BCUT2D eigenvalue weighted by Gasteiger charge is 2.15. The third-order valence-corrected chi connectivity index (χ3v) is 4.53. The molecule has 3 rings (SSSR count). The molecule has 1 fully saturated rings. The van der Waals surface area contributed by atoms with Crippen molar-refractivity contribution in [1.29, 1.82) is 0 Å². The number of aromatic nitrogens is 1. The Morgan fingerprint density at radius 3 is 2.29 bits per heavy atom. The lowest BCUT2D eigenvalue weighted by Crippen LogP contribution is -2.17. The van der Waals surface area contributed by atoms with Gasteiger partial charge in [-0.1, -0.05) is 33.8 Å². The van der Waals surface area contributed by atoms with Crippen molar-refractivity contribution in [2.24, 2.45) is 0 Å². The topological polar surface area (TPSA) is 16.1 Å². The highest BCUT2D eigenvalue weighted by Crippen LogP contribution is 2.31. The van der Waals surface area contributed by atoms with Crippen LogP contribution in [0.2, 0.25) is 0 Å². The second kappa shape index (κ2) is 5.67. The molecule has 1 saturated heterocycles. The van der Waals surface area contributed by atoms with E-state index < -0.39 is 0 Å². The Morgan fingerprint density at radius 2 is 1.67 bits per heavy atom. The Labute approximate surface area is 128 Å². The van der Waals surface area contributed by atoms with Crippen LogP contribution in [0.25, 0.3) is 10.9 Å². The normalized spacial score (nSPS) is 15.6. The Kier molecular flexibility index (Phi) is 3.88. The van der Waals surface area contributed by atoms with Gasteiger partial charge in [-0.3, -0.25) is 4.98 Å². The molecule has 21 heavy (non-hydrogen) atoms. The van der Waals surface area contributed by atoms with Gasteiger partial charge >= 0.3 is 0 Å². The molecule has 2 aromatic rings. The third-order valence-electron chi connectivity index (χ3n) is 4.53. The first-order chi connectivity index (χ1) is 10.1. The molecule has 0 unspecified atom stereocenters. The second-order valence-corrected chi connectivity index (χ2v) is 6.84. The fourth-order valence-electron chi connectivity index (χ4n) is 3.21. The van der Waals surface area contributed by atoms with Crippen LogP contribution in [0.1, 0.15) is 63.6 Å². The van der Waals surface area contributed by atoms with Crippen LogP contribution in [0.3, 0.4) is 0 Å². The van der Waals surface area contributed by atoms with Crippen molar-refractivity contribution < 1.29 is 0 Å². The van der Waals surface area contributed by atoms with Gasteiger partial charge in [0.2, 0.25) is 0 Å². The summed E-state index contributed by atoms with van der Waals surface area (Å²) in [6.45, 7) is 11.4. The maximum absolute atomic E-state index is 4.92. The summed E-state index contributed by atoms with van der Waals surface area (Å²) in [5.41, 5.74) is 5.14. The fourth-order valence-corrected chi connectivity index (χ4v) is 3.21. The lowest BCUT2D eigenvalue weighted by molar-refractivity contribution is 0.811. The number of benzene rings is 1. The summed E-state index contributed by atoms with van der Waals surface area (Å²) in [5, 5.41) is 1.32. The van der Waals surface area contributed by atoms with Gasteiger partial charge in [0.15, 0.2) is 0 Å². The van der Waals surface area contributed by atoms with Gasteiger partial charge in [-0.2, -0.15) is 0 Å². The summed E-state index contributed by atoms with van der Waals surface area (Å²) in [7, 11) is 0. The number of rotatable bonds is 3. The average Bonchev–Trinajstić information content (AvgIpc) is 2.99. The molecule has 0 bridgehead atoms. The zero-order chi connectivity index (χ0) is 15.0. The first-order valence-corrected chi connectivity index (χ1v) is 8.26. The molecule has 1 aliphatic heterocycles. The lowest BCUT2D eigenvalue weighted by atomic mass is 9.95. The number of pyridine rings is 1. The molecule has 0 spiro atoms. The molecular formula is C19H26N2. The van der Waals surface area contributed by atoms with Crippen molar-refractivity contribution in [2.75, 3.05) is 18.0 Å². The Morgan fingerprint density at radius 1 is 0.952 bits per heavy atom. The second-order valence-electron chi connectivity index (χ2n) is 6.84. The van der Waals surface area contributed by atoms with E-state index in [4.69, 9.17) is 4.98 Å². The zero-order valence-corrected chi connectivity index (χ0v) is 13.7. The van der Waals surface area contributed by atoms with E-state index in [1.54, 1.807) is 0 Å². The van der Waals surface area contributed by atoms with Crippen LogP contribution in [-0.4, -0.2) is 18.1 Å².